The van der Waals surface area contributed by atoms with Crippen molar-refractivity contribution in [1.82, 2.24) is 14.8 Å². The number of hydrazone groups is 1. The summed E-state index contributed by atoms with van der Waals surface area (Å²) in [6.45, 7) is 1.52. The van der Waals surface area contributed by atoms with Crippen molar-refractivity contribution < 1.29 is 17.9 Å². The second-order valence-electron chi connectivity index (χ2n) is 6.82. The Morgan fingerprint density at radius 3 is 2.45 bits per heavy atom. The molecule has 0 aliphatic rings. The number of alkyl halides is 3. The van der Waals surface area contributed by atoms with Crippen LogP contribution in [0, 0.1) is 6.92 Å². The zero-order valence-corrected chi connectivity index (χ0v) is 16.7. The Balaban J connectivity index is 1.55. The fourth-order valence-electron chi connectivity index (χ4n) is 3.13. The fraction of sp³-hybridized carbons (Fsp3) is 0.136. The first-order valence-corrected chi connectivity index (χ1v) is 9.35. The van der Waals surface area contributed by atoms with Crippen molar-refractivity contribution in [1.29, 1.82) is 0 Å². The van der Waals surface area contributed by atoms with Crippen LogP contribution in [0.15, 0.2) is 65.8 Å². The number of anilines is 1. The predicted octanol–water partition coefficient (Wildman–Crippen LogP) is 5.53. The van der Waals surface area contributed by atoms with Gasteiger partial charge in [0.1, 0.15) is 5.75 Å². The molecule has 0 radical (unpaired) electrons. The Kier molecular flexibility index (Phi) is 5.33. The minimum atomic E-state index is -4.56. The number of nitrogens with one attached hydrogen (secondary N) is 1. The Morgan fingerprint density at radius 2 is 1.77 bits per heavy atom. The number of aryl methyl sites for hydroxylation is 2. The first-order chi connectivity index (χ1) is 14.8. The summed E-state index contributed by atoms with van der Waals surface area (Å²) < 4.78 is 47.7. The molecular formula is C22H18F3N5O. The summed E-state index contributed by atoms with van der Waals surface area (Å²) in [6.07, 6.45) is -2.93. The normalized spacial score (nSPS) is 11.9. The summed E-state index contributed by atoms with van der Waals surface area (Å²) in [4.78, 5) is 4.21. The lowest BCUT2D eigenvalue weighted by molar-refractivity contribution is -0.136. The van der Waals surface area contributed by atoms with E-state index < -0.39 is 11.7 Å². The molecule has 0 spiro atoms. The van der Waals surface area contributed by atoms with Crippen molar-refractivity contribution in [2.75, 3.05) is 5.43 Å². The van der Waals surface area contributed by atoms with E-state index in [2.05, 4.69) is 20.6 Å². The number of halogens is 3. The van der Waals surface area contributed by atoms with E-state index >= 15 is 0 Å². The number of fused-ring (bicyclic) bond motifs is 1. The first-order valence-electron chi connectivity index (χ1n) is 9.35. The van der Waals surface area contributed by atoms with Gasteiger partial charge in [0.2, 0.25) is 5.88 Å². The third-order valence-electron chi connectivity index (χ3n) is 4.53. The van der Waals surface area contributed by atoms with E-state index in [9.17, 15) is 13.2 Å². The number of para-hydroxylation sites is 1. The Labute approximate surface area is 176 Å². The lowest BCUT2D eigenvalue weighted by Gasteiger charge is -2.11. The lowest BCUT2D eigenvalue weighted by Crippen LogP contribution is -2.07. The van der Waals surface area contributed by atoms with Crippen molar-refractivity contribution in [3.63, 3.8) is 0 Å². The molecule has 0 saturated carbocycles. The lowest BCUT2D eigenvalue weighted by atomic mass is 10.1. The van der Waals surface area contributed by atoms with Gasteiger partial charge in [-0.2, -0.15) is 28.4 Å². The highest BCUT2D eigenvalue weighted by Gasteiger charge is 2.35. The highest BCUT2D eigenvalue weighted by Crippen LogP contribution is 2.38. The van der Waals surface area contributed by atoms with Gasteiger partial charge in [-0.3, -0.25) is 10.1 Å². The molecule has 1 N–H and O–H groups in total. The summed E-state index contributed by atoms with van der Waals surface area (Å²) >= 11 is 0. The van der Waals surface area contributed by atoms with Gasteiger partial charge in [-0.15, -0.1) is 0 Å². The quantitative estimate of drug-likeness (QED) is 0.337. The summed E-state index contributed by atoms with van der Waals surface area (Å²) in [5.41, 5.74) is 4.09. The predicted molar refractivity (Wildman–Crippen MR) is 112 cm³/mol. The molecule has 158 valence electrons. The van der Waals surface area contributed by atoms with E-state index in [1.807, 2.05) is 30.3 Å². The number of aromatic nitrogens is 3. The van der Waals surface area contributed by atoms with Crippen LogP contribution in [0.3, 0.4) is 0 Å². The zero-order valence-electron chi connectivity index (χ0n) is 16.7. The molecule has 2 heterocycles. The van der Waals surface area contributed by atoms with Crippen LogP contribution in [0.1, 0.15) is 16.8 Å². The molecule has 0 unspecified atom stereocenters. The Bertz CT molecular complexity index is 1230. The summed E-state index contributed by atoms with van der Waals surface area (Å²) in [5, 5.41) is 8.17. The molecule has 0 aliphatic carbocycles. The van der Waals surface area contributed by atoms with E-state index in [0.29, 0.717) is 5.75 Å². The molecule has 0 amide bonds. The van der Waals surface area contributed by atoms with E-state index in [4.69, 9.17) is 4.74 Å². The van der Waals surface area contributed by atoms with Crippen LogP contribution < -0.4 is 10.2 Å². The topological polar surface area (TPSA) is 64.3 Å². The molecule has 0 fully saturated rings. The zero-order chi connectivity index (χ0) is 22.0. The summed E-state index contributed by atoms with van der Waals surface area (Å²) in [7, 11) is 1.55. The van der Waals surface area contributed by atoms with Gasteiger partial charge in [0.15, 0.2) is 5.65 Å². The molecule has 0 aliphatic heterocycles. The van der Waals surface area contributed by atoms with Crippen molar-refractivity contribution in [3.05, 3.63) is 77.5 Å². The van der Waals surface area contributed by atoms with Gasteiger partial charge in [-0.05, 0) is 48.9 Å². The maximum atomic E-state index is 13.6. The van der Waals surface area contributed by atoms with Crippen molar-refractivity contribution in [3.8, 4) is 11.6 Å². The van der Waals surface area contributed by atoms with Crippen molar-refractivity contribution in [2.24, 2.45) is 12.1 Å². The van der Waals surface area contributed by atoms with Crippen LogP contribution >= 0.6 is 0 Å². The van der Waals surface area contributed by atoms with Crippen LogP contribution in [-0.2, 0) is 13.2 Å². The van der Waals surface area contributed by atoms with Crippen LogP contribution in [0.5, 0.6) is 11.6 Å². The van der Waals surface area contributed by atoms with E-state index in [1.165, 1.54) is 11.6 Å². The average molecular weight is 425 g/mol. The maximum Gasteiger partial charge on any atom is 0.417 e. The summed E-state index contributed by atoms with van der Waals surface area (Å²) in [6, 6.07) is 17.1. The van der Waals surface area contributed by atoms with Crippen LogP contribution in [0.4, 0.5) is 18.9 Å². The molecule has 9 heteroatoms. The molecule has 4 aromatic rings. The Hall–Kier alpha value is -3.88. The van der Waals surface area contributed by atoms with Crippen LogP contribution in [0.2, 0.25) is 0 Å². The van der Waals surface area contributed by atoms with Crippen molar-refractivity contribution >= 4 is 22.9 Å². The largest absolute Gasteiger partial charge is 0.439 e. The van der Waals surface area contributed by atoms with Crippen LogP contribution in [0.25, 0.3) is 11.0 Å². The number of rotatable bonds is 5. The molecule has 0 saturated heterocycles. The molecule has 0 atom stereocenters. The SMILES string of the molecule is Cc1nn(C)c2nc(Oc3ccc(C=NNc4ccccc4)cc3)cc(C(F)(F)F)c12. The average Bonchev–Trinajstić information content (AvgIpc) is 3.02. The standard InChI is InChI=1S/C22H18F3N5O/c1-14-20-18(22(23,24)25)12-19(27-21(20)30(2)29-14)31-17-10-8-15(9-11-17)13-26-28-16-6-4-3-5-7-16/h3-13,28H,1-2H3. The van der Waals surface area contributed by atoms with Gasteiger partial charge >= 0.3 is 6.18 Å². The maximum absolute atomic E-state index is 13.6. The second kappa shape index (κ2) is 8.10. The number of benzene rings is 2. The number of hydrogen-bond acceptors (Lipinski definition) is 5. The molecule has 2 aromatic heterocycles. The third kappa shape index (κ3) is 4.50. The smallest absolute Gasteiger partial charge is 0.417 e. The Morgan fingerprint density at radius 1 is 1.06 bits per heavy atom. The molecule has 2 aromatic carbocycles. The van der Waals surface area contributed by atoms with Gasteiger partial charge in [0, 0.05) is 13.1 Å². The number of hydrogen-bond donors (Lipinski definition) is 1. The van der Waals surface area contributed by atoms with E-state index in [-0.39, 0.29) is 22.6 Å². The first kappa shape index (κ1) is 20.4. The molecule has 0 bridgehead atoms. The van der Waals surface area contributed by atoms with Gasteiger partial charge < -0.3 is 4.74 Å². The monoisotopic (exact) mass is 425 g/mol. The minimum absolute atomic E-state index is 0.0279. The fourth-order valence-corrected chi connectivity index (χ4v) is 3.13. The third-order valence-corrected chi connectivity index (χ3v) is 4.53. The van der Waals surface area contributed by atoms with Crippen LogP contribution in [-0.4, -0.2) is 21.0 Å². The van der Waals surface area contributed by atoms with E-state index in [0.717, 1.165) is 17.3 Å². The molecule has 31 heavy (non-hydrogen) atoms. The highest BCUT2D eigenvalue weighted by molar-refractivity contribution is 5.83. The van der Waals surface area contributed by atoms with Gasteiger partial charge in [-0.1, -0.05) is 18.2 Å². The highest BCUT2D eigenvalue weighted by atomic mass is 19.4. The van der Waals surface area contributed by atoms with Gasteiger partial charge in [-0.25, -0.2) is 0 Å². The minimum Gasteiger partial charge on any atom is -0.439 e. The van der Waals surface area contributed by atoms with Gasteiger partial charge in [0.05, 0.1) is 28.5 Å². The van der Waals surface area contributed by atoms with Gasteiger partial charge in [0.25, 0.3) is 0 Å². The number of nitrogens with zero attached hydrogens (tertiary/aromatic N) is 4. The molecule has 6 nitrogen and oxygen atoms in total. The number of pyridine rings is 1. The summed E-state index contributed by atoms with van der Waals surface area (Å²) in [5.74, 6) is 0.196. The van der Waals surface area contributed by atoms with Crippen molar-refractivity contribution in [2.45, 2.75) is 13.1 Å². The molecule has 4 rings (SSSR count). The molecular weight excluding hydrogens is 407 g/mol. The number of ether oxygens (including phenoxy) is 1. The second-order valence-corrected chi connectivity index (χ2v) is 6.82. The van der Waals surface area contributed by atoms with E-state index in [1.54, 1.807) is 37.5 Å².